The summed E-state index contributed by atoms with van der Waals surface area (Å²) in [4.78, 5) is 12.7. The Morgan fingerprint density at radius 3 is 2.17 bits per heavy atom. The highest BCUT2D eigenvalue weighted by Gasteiger charge is 2.39. The Bertz CT molecular complexity index is 984. The van der Waals surface area contributed by atoms with Crippen molar-refractivity contribution in [3.8, 4) is 0 Å². The van der Waals surface area contributed by atoms with Crippen LogP contribution < -0.4 is 8.87 Å². The van der Waals surface area contributed by atoms with Crippen LogP contribution in [0.3, 0.4) is 0 Å². The summed E-state index contributed by atoms with van der Waals surface area (Å²) in [7, 11) is -6.58. The molecule has 1 saturated heterocycles. The molecule has 1 heterocycles. The van der Waals surface area contributed by atoms with Gasteiger partial charge >= 0.3 is 0 Å². The van der Waals surface area contributed by atoms with Crippen molar-refractivity contribution in [2.24, 2.45) is 0 Å². The number of anilines is 2. The number of ether oxygens (including phenoxy) is 1. The van der Waals surface area contributed by atoms with Gasteiger partial charge in [-0.1, -0.05) is 31.8 Å². The van der Waals surface area contributed by atoms with Gasteiger partial charge in [-0.2, -0.15) is 0 Å². The molecule has 10 heteroatoms. The highest BCUT2D eigenvalue weighted by Crippen LogP contribution is 2.34. The molecule has 0 saturated carbocycles. The first-order valence-corrected chi connectivity index (χ1v) is 14.2. The van der Waals surface area contributed by atoms with E-state index in [4.69, 9.17) is 4.74 Å². The average molecular weight is 436 g/mol. The van der Waals surface area contributed by atoms with E-state index in [1.807, 2.05) is 31.8 Å². The average Bonchev–Trinajstić information content (AvgIpc) is 2.68. The van der Waals surface area contributed by atoms with E-state index in [9.17, 15) is 18.5 Å². The van der Waals surface area contributed by atoms with Gasteiger partial charge in [0, 0.05) is 30.5 Å². The van der Waals surface area contributed by atoms with Crippen LogP contribution in [0, 0.1) is 10.1 Å². The van der Waals surface area contributed by atoms with Crippen molar-refractivity contribution in [1.82, 2.24) is 0 Å². The molecule has 0 bridgehead atoms. The van der Waals surface area contributed by atoms with Gasteiger partial charge in [0.2, 0.25) is 0 Å². The summed E-state index contributed by atoms with van der Waals surface area (Å²) in [5, 5.41) is 11.4. The van der Waals surface area contributed by atoms with Crippen LogP contribution in [0.5, 0.6) is 0 Å². The molecular formula is C19H25N3O5SSi. The van der Waals surface area contributed by atoms with Crippen LogP contribution in [0.2, 0.25) is 19.6 Å². The second-order valence-electron chi connectivity index (χ2n) is 7.78. The van der Waals surface area contributed by atoms with Gasteiger partial charge in [-0.25, -0.2) is 8.42 Å². The summed E-state index contributed by atoms with van der Waals surface area (Å²) < 4.78 is 33.8. The molecule has 2 aromatic rings. The van der Waals surface area contributed by atoms with Crippen molar-refractivity contribution in [3.63, 3.8) is 0 Å². The smallest absolute Gasteiger partial charge is 0.289 e. The Morgan fingerprint density at radius 2 is 1.62 bits per heavy atom. The van der Waals surface area contributed by atoms with Gasteiger partial charge in [0.05, 0.1) is 18.1 Å². The lowest BCUT2D eigenvalue weighted by molar-refractivity contribution is -0.387. The van der Waals surface area contributed by atoms with E-state index in [1.165, 1.54) is 28.2 Å². The van der Waals surface area contributed by atoms with E-state index in [0.717, 1.165) is 18.8 Å². The van der Waals surface area contributed by atoms with Gasteiger partial charge in [-0.3, -0.25) is 14.1 Å². The Kier molecular flexibility index (Phi) is 5.97. The molecule has 0 radical (unpaired) electrons. The van der Waals surface area contributed by atoms with Gasteiger partial charge in [0.15, 0.2) is 13.1 Å². The van der Waals surface area contributed by atoms with Crippen LogP contribution >= 0.6 is 0 Å². The predicted octanol–water partition coefficient (Wildman–Crippen LogP) is 3.46. The molecule has 0 amide bonds. The van der Waals surface area contributed by atoms with Crippen LogP contribution in [0.4, 0.5) is 17.1 Å². The van der Waals surface area contributed by atoms with Gasteiger partial charge in [-0.15, -0.1) is 0 Å². The number of para-hydroxylation sites is 1. The molecule has 0 aromatic heterocycles. The third-order valence-corrected chi connectivity index (χ3v) is 10.1. The molecule has 0 spiro atoms. The van der Waals surface area contributed by atoms with E-state index in [2.05, 4.69) is 4.90 Å². The fraction of sp³-hybridized carbons (Fsp3) is 0.368. The number of morpholine rings is 1. The van der Waals surface area contributed by atoms with Crippen molar-refractivity contribution in [1.29, 1.82) is 0 Å². The SMILES string of the molecule is C[Si](C)(C)N(c1ccc(N2CCOCC2)cc1)S(=O)(=O)c1ccccc1[N+](=O)[O-]. The fourth-order valence-corrected chi connectivity index (χ4v) is 8.79. The molecule has 1 aliphatic rings. The maximum atomic E-state index is 13.5. The standard InChI is InChI=1S/C19H25N3O5SSi/c1-29(2,3)22(28(25,26)19-7-5-4-6-18(19)21(23)24)17-10-8-16(9-11-17)20-12-14-27-15-13-20/h4-11H,12-15H2,1-3H3. The Labute approximate surface area is 172 Å². The van der Waals surface area contributed by atoms with Crippen LogP contribution in [0.1, 0.15) is 0 Å². The highest BCUT2D eigenvalue weighted by atomic mass is 32.2. The minimum atomic E-state index is -4.11. The summed E-state index contributed by atoms with van der Waals surface area (Å²) in [5.41, 5.74) is 1.09. The molecule has 8 nitrogen and oxygen atoms in total. The van der Waals surface area contributed by atoms with Crippen molar-refractivity contribution >= 4 is 35.3 Å². The van der Waals surface area contributed by atoms with E-state index in [0.29, 0.717) is 18.9 Å². The zero-order valence-electron chi connectivity index (χ0n) is 16.7. The van der Waals surface area contributed by atoms with Crippen LogP contribution in [-0.2, 0) is 14.8 Å². The largest absolute Gasteiger partial charge is 0.378 e. The molecule has 3 rings (SSSR count). The molecule has 0 aliphatic carbocycles. The number of hydrogen-bond donors (Lipinski definition) is 0. The first-order chi connectivity index (χ1) is 13.6. The second-order valence-corrected chi connectivity index (χ2v) is 14.6. The van der Waals surface area contributed by atoms with E-state index >= 15 is 0 Å². The summed E-state index contributed by atoms with van der Waals surface area (Å²) in [5.74, 6) is 0. The molecule has 2 aromatic carbocycles. The monoisotopic (exact) mass is 435 g/mol. The molecule has 1 aliphatic heterocycles. The maximum Gasteiger partial charge on any atom is 0.289 e. The Hall–Kier alpha value is -2.43. The normalized spacial score (nSPS) is 15.2. The lowest BCUT2D eigenvalue weighted by Gasteiger charge is -2.35. The van der Waals surface area contributed by atoms with Gasteiger partial charge in [0.1, 0.15) is 0 Å². The molecule has 0 atom stereocenters. The minimum Gasteiger partial charge on any atom is -0.378 e. The molecule has 0 N–H and O–H groups in total. The van der Waals surface area contributed by atoms with Gasteiger partial charge in [0.25, 0.3) is 15.7 Å². The summed E-state index contributed by atoms with van der Waals surface area (Å²) in [6.45, 7) is 8.58. The van der Waals surface area contributed by atoms with Gasteiger partial charge < -0.3 is 9.64 Å². The summed E-state index contributed by atoms with van der Waals surface area (Å²) >= 11 is 0. The molecule has 156 valence electrons. The number of nitro groups is 1. The van der Waals surface area contributed by atoms with Crippen molar-refractivity contribution in [3.05, 3.63) is 58.6 Å². The quantitative estimate of drug-likeness (QED) is 0.392. The number of sulfonamides is 1. The summed E-state index contributed by atoms with van der Waals surface area (Å²) in [6.07, 6.45) is 0. The second kappa shape index (κ2) is 8.13. The maximum absolute atomic E-state index is 13.5. The van der Waals surface area contributed by atoms with Crippen molar-refractivity contribution in [2.75, 3.05) is 35.2 Å². The Morgan fingerprint density at radius 1 is 1.03 bits per heavy atom. The zero-order valence-corrected chi connectivity index (χ0v) is 18.6. The third kappa shape index (κ3) is 4.44. The molecule has 1 fully saturated rings. The van der Waals surface area contributed by atoms with Crippen LogP contribution in [-0.4, -0.2) is 47.9 Å². The number of hydrogen-bond acceptors (Lipinski definition) is 6. The van der Waals surface area contributed by atoms with Crippen LogP contribution in [0.25, 0.3) is 0 Å². The molecule has 0 unspecified atom stereocenters. The lowest BCUT2D eigenvalue weighted by atomic mass is 10.2. The molecule has 29 heavy (non-hydrogen) atoms. The van der Waals surface area contributed by atoms with E-state index < -0.39 is 28.9 Å². The topological polar surface area (TPSA) is 93.0 Å². The summed E-state index contributed by atoms with van der Waals surface area (Å²) in [6, 6.07) is 12.8. The number of nitrogens with zero attached hydrogens (tertiary/aromatic N) is 3. The first-order valence-electron chi connectivity index (χ1n) is 9.34. The number of nitro benzene ring substituents is 1. The van der Waals surface area contributed by atoms with Crippen LogP contribution in [0.15, 0.2) is 53.4 Å². The van der Waals surface area contributed by atoms with E-state index in [-0.39, 0.29) is 4.90 Å². The highest BCUT2D eigenvalue weighted by molar-refractivity contribution is 7.95. The lowest BCUT2D eigenvalue weighted by Crippen LogP contribution is -2.50. The number of rotatable bonds is 6. The van der Waals surface area contributed by atoms with Crippen molar-refractivity contribution < 1.29 is 18.1 Å². The van der Waals surface area contributed by atoms with Crippen molar-refractivity contribution in [2.45, 2.75) is 24.5 Å². The third-order valence-electron chi connectivity index (χ3n) is 4.65. The fourth-order valence-electron chi connectivity index (χ4n) is 3.43. The number of benzene rings is 2. The minimum absolute atomic E-state index is 0.287. The molecular weight excluding hydrogens is 410 g/mol. The Balaban J connectivity index is 2.04. The van der Waals surface area contributed by atoms with Gasteiger partial charge in [-0.05, 0) is 30.3 Å². The first kappa shape index (κ1) is 21.3. The predicted molar refractivity (Wildman–Crippen MR) is 116 cm³/mol. The zero-order chi connectivity index (χ0) is 21.2. The van der Waals surface area contributed by atoms with E-state index in [1.54, 1.807) is 12.1 Å².